The summed E-state index contributed by atoms with van der Waals surface area (Å²) < 4.78 is 1.69. The Balaban J connectivity index is 1.57. The molecule has 2 aromatic heterocycles. The zero-order chi connectivity index (χ0) is 28.9. The number of carboxylic acid groups (broad SMARTS) is 1. The first-order valence-corrected chi connectivity index (χ1v) is 13.9. The van der Waals surface area contributed by atoms with Gasteiger partial charge in [-0.2, -0.15) is 0 Å². The quantitative estimate of drug-likeness (QED) is 0.136. The molecule has 0 radical (unpaired) electrons. The molecule has 40 heavy (non-hydrogen) atoms. The van der Waals surface area contributed by atoms with Crippen molar-refractivity contribution in [3.8, 4) is 11.3 Å². The van der Waals surface area contributed by atoms with E-state index in [1.165, 1.54) is 11.8 Å². The van der Waals surface area contributed by atoms with E-state index in [0.717, 1.165) is 10.5 Å². The number of aliphatic carboxylic acids is 1. The van der Waals surface area contributed by atoms with Crippen LogP contribution in [0.1, 0.15) is 31.2 Å². The summed E-state index contributed by atoms with van der Waals surface area (Å²) in [5.41, 5.74) is 7.33. The molecule has 3 rings (SSSR count). The molecule has 1 aromatic carbocycles. The number of rotatable bonds is 15. The first-order valence-electron chi connectivity index (χ1n) is 12.7. The van der Waals surface area contributed by atoms with Crippen LogP contribution in [0, 0.1) is 0 Å². The van der Waals surface area contributed by atoms with E-state index in [0.29, 0.717) is 42.2 Å². The highest BCUT2D eigenvalue weighted by molar-refractivity contribution is 7.98. The maximum Gasteiger partial charge on any atom is 0.327 e. The van der Waals surface area contributed by atoms with Gasteiger partial charge in [0, 0.05) is 37.3 Å². The predicted molar refractivity (Wildman–Crippen MR) is 147 cm³/mol. The van der Waals surface area contributed by atoms with Gasteiger partial charge in [0.1, 0.15) is 11.7 Å². The molecule has 1 atom stereocenters. The number of nitrogens with two attached hydrogens (primary N) is 1. The largest absolute Gasteiger partial charge is 0.480 e. The summed E-state index contributed by atoms with van der Waals surface area (Å²) in [5, 5.41) is 21.1. The third kappa shape index (κ3) is 8.95. The average Bonchev–Trinajstić information content (AvgIpc) is 3.44. The van der Waals surface area contributed by atoms with Gasteiger partial charge in [-0.3, -0.25) is 24.0 Å². The molecule has 3 amide bonds. The van der Waals surface area contributed by atoms with Gasteiger partial charge in [-0.25, -0.2) is 14.8 Å². The number of imide groups is 1. The number of thioether (sulfide) groups is 1. The highest BCUT2D eigenvalue weighted by atomic mass is 32.2. The Morgan fingerprint density at radius 3 is 2.45 bits per heavy atom. The SMILES string of the molecule is CSc1ncc(-c2cn(CCCCCC(=O)N(C(=O)CNC(=O)CN)[C@@H](Cc3ccccc3)C(=O)O)nn2)cn1. The smallest absolute Gasteiger partial charge is 0.327 e. The molecule has 0 saturated heterocycles. The number of amides is 3. The fourth-order valence-electron chi connectivity index (χ4n) is 3.89. The number of benzene rings is 1. The van der Waals surface area contributed by atoms with Crippen molar-refractivity contribution in [3.63, 3.8) is 0 Å². The molecule has 0 saturated carbocycles. The van der Waals surface area contributed by atoms with E-state index in [1.54, 1.807) is 53.6 Å². The average molecular weight is 569 g/mol. The zero-order valence-corrected chi connectivity index (χ0v) is 22.9. The van der Waals surface area contributed by atoms with Gasteiger partial charge in [0.05, 0.1) is 19.3 Å². The van der Waals surface area contributed by atoms with Crippen molar-refractivity contribution < 1.29 is 24.3 Å². The third-order valence-electron chi connectivity index (χ3n) is 5.95. The second-order valence-corrected chi connectivity index (χ2v) is 9.59. The first kappa shape index (κ1) is 30.4. The molecule has 0 aliphatic carbocycles. The van der Waals surface area contributed by atoms with E-state index in [1.807, 2.05) is 6.26 Å². The fourth-order valence-corrected chi connectivity index (χ4v) is 4.20. The van der Waals surface area contributed by atoms with Gasteiger partial charge in [-0.15, -0.1) is 5.10 Å². The van der Waals surface area contributed by atoms with Gasteiger partial charge >= 0.3 is 5.97 Å². The Labute approximate surface area is 235 Å². The Bertz CT molecular complexity index is 1290. The van der Waals surface area contributed by atoms with E-state index in [-0.39, 0.29) is 19.4 Å². The highest BCUT2D eigenvalue weighted by Crippen LogP contribution is 2.17. The van der Waals surface area contributed by atoms with Crippen LogP contribution >= 0.6 is 11.8 Å². The summed E-state index contributed by atoms with van der Waals surface area (Å²) in [6.07, 6.45) is 8.73. The predicted octanol–water partition coefficient (Wildman–Crippen LogP) is 1.14. The van der Waals surface area contributed by atoms with Crippen molar-refractivity contribution in [1.29, 1.82) is 0 Å². The molecule has 4 N–H and O–H groups in total. The second kappa shape index (κ2) is 15.4. The Kier molecular flexibility index (Phi) is 11.7. The first-order chi connectivity index (χ1) is 19.3. The van der Waals surface area contributed by atoms with Crippen LogP contribution in [-0.2, 0) is 32.1 Å². The lowest BCUT2D eigenvalue weighted by atomic mass is 10.0. The lowest BCUT2D eigenvalue weighted by Crippen LogP contribution is -2.53. The summed E-state index contributed by atoms with van der Waals surface area (Å²) in [5.74, 6) is -3.32. The molecule has 0 unspecified atom stereocenters. The van der Waals surface area contributed by atoms with Gasteiger partial charge in [0.2, 0.25) is 17.7 Å². The van der Waals surface area contributed by atoms with Crippen molar-refractivity contribution in [2.75, 3.05) is 19.3 Å². The number of aryl methyl sites for hydroxylation is 1. The van der Waals surface area contributed by atoms with Crippen LogP contribution in [0.2, 0.25) is 0 Å². The normalized spacial score (nSPS) is 11.6. The molecule has 3 aromatic rings. The number of nitrogens with zero attached hydrogens (tertiary/aromatic N) is 6. The van der Waals surface area contributed by atoms with Crippen LogP contribution in [0.15, 0.2) is 54.1 Å². The third-order valence-corrected chi connectivity index (χ3v) is 6.53. The molecule has 0 fully saturated rings. The molecule has 13 nitrogen and oxygen atoms in total. The number of carboxylic acids is 1. The highest BCUT2D eigenvalue weighted by Gasteiger charge is 2.34. The standard InChI is InChI=1S/C26H32N8O5S/c1-40-26-29-14-19(15-30-26)20-17-33(32-31-20)11-7-3-6-10-23(36)34(24(37)16-28-22(35)13-27)21(25(38)39)12-18-8-4-2-5-9-18/h2,4-5,8-9,14-15,17,21H,3,6-7,10-13,16,27H2,1H3,(H,28,35)(H,38,39)/t21-/m0/s1. The number of aromatic nitrogens is 5. The minimum atomic E-state index is -1.42. The molecular weight excluding hydrogens is 536 g/mol. The minimum Gasteiger partial charge on any atom is -0.480 e. The van der Waals surface area contributed by atoms with Crippen LogP contribution < -0.4 is 11.1 Å². The molecule has 2 heterocycles. The van der Waals surface area contributed by atoms with Gasteiger partial charge in [0.15, 0.2) is 5.16 Å². The fraction of sp³-hybridized carbons (Fsp3) is 0.385. The van der Waals surface area contributed by atoms with Gasteiger partial charge in [-0.05, 0) is 24.7 Å². The van der Waals surface area contributed by atoms with Crippen molar-refractivity contribution in [3.05, 3.63) is 54.5 Å². The summed E-state index contributed by atoms with van der Waals surface area (Å²) in [4.78, 5) is 59.0. The van der Waals surface area contributed by atoms with Gasteiger partial charge in [0.25, 0.3) is 0 Å². The van der Waals surface area contributed by atoms with Crippen LogP contribution in [0.4, 0.5) is 0 Å². The van der Waals surface area contributed by atoms with Crippen LogP contribution in [0.3, 0.4) is 0 Å². The molecular formula is C26H32N8O5S. The molecule has 0 aliphatic heterocycles. The zero-order valence-electron chi connectivity index (χ0n) is 22.1. The Morgan fingerprint density at radius 1 is 1.07 bits per heavy atom. The molecule has 14 heteroatoms. The van der Waals surface area contributed by atoms with Crippen LogP contribution in [0.25, 0.3) is 11.3 Å². The van der Waals surface area contributed by atoms with Crippen molar-refractivity contribution in [2.45, 2.75) is 49.8 Å². The number of carbonyl (C=O) groups is 4. The maximum absolute atomic E-state index is 13.1. The van der Waals surface area contributed by atoms with Crippen LogP contribution in [-0.4, -0.2) is 84.0 Å². The number of hydrogen-bond acceptors (Lipinski definition) is 10. The molecule has 0 spiro atoms. The van der Waals surface area contributed by atoms with Gasteiger partial charge in [-0.1, -0.05) is 53.7 Å². The van der Waals surface area contributed by atoms with Crippen molar-refractivity contribution in [2.24, 2.45) is 5.73 Å². The van der Waals surface area contributed by atoms with E-state index in [2.05, 4.69) is 25.6 Å². The number of nitrogens with one attached hydrogen (secondary N) is 1. The van der Waals surface area contributed by atoms with E-state index in [9.17, 15) is 24.3 Å². The molecule has 0 bridgehead atoms. The lowest BCUT2D eigenvalue weighted by molar-refractivity contribution is -0.158. The Hall–Kier alpha value is -4.17. The van der Waals surface area contributed by atoms with Crippen molar-refractivity contribution >= 4 is 35.5 Å². The minimum absolute atomic E-state index is 0.0309. The second-order valence-electron chi connectivity index (χ2n) is 8.82. The number of carbonyl (C=O) groups excluding carboxylic acids is 3. The van der Waals surface area contributed by atoms with Crippen LogP contribution in [0.5, 0.6) is 0 Å². The maximum atomic E-state index is 13.1. The number of unbranched alkanes of at least 4 members (excludes halogenated alkanes) is 2. The van der Waals surface area contributed by atoms with E-state index < -0.39 is 36.3 Å². The summed E-state index contributed by atoms with van der Waals surface area (Å²) in [7, 11) is 0. The summed E-state index contributed by atoms with van der Waals surface area (Å²) in [6.45, 7) is -0.302. The Morgan fingerprint density at radius 2 is 1.80 bits per heavy atom. The summed E-state index contributed by atoms with van der Waals surface area (Å²) >= 11 is 1.45. The number of hydrogen-bond donors (Lipinski definition) is 3. The molecule has 212 valence electrons. The van der Waals surface area contributed by atoms with E-state index in [4.69, 9.17) is 5.73 Å². The summed E-state index contributed by atoms with van der Waals surface area (Å²) in [6, 6.07) is 7.31. The van der Waals surface area contributed by atoms with E-state index >= 15 is 0 Å². The lowest BCUT2D eigenvalue weighted by Gasteiger charge is -2.27. The topological polar surface area (TPSA) is 186 Å². The monoisotopic (exact) mass is 568 g/mol. The van der Waals surface area contributed by atoms with Crippen molar-refractivity contribution in [1.82, 2.24) is 35.2 Å². The molecule has 0 aliphatic rings. The van der Waals surface area contributed by atoms with Gasteiger partial charge < -0.3 is 16.2 Å².